The number of nitrogens with two attached hydrogens (primary N) is 1. The second-order valence-corrected chi connectivity index (χ2v) is 9.29. The van der Waals surface area contributed by atoms with Crippen LogP contribution in [0.25, 0.3) is 45.4 Å². The largest absolute Gasteiger partial charge is 0.364 e. The van der Waals surface area contributed by atoms with Gasteiger partial charge in [0.2, 0.25) is 0 Å². The lowest BCUT2D eigenvalue weighted by Gasteiger charge is -2.09. The maximum atomic E-state index is 13.6. The highest BCUT2D eigenvalue weighted by molar-refractivity contribution is 6.30. The number of rotatable bonds is 5. The van der Waals surface area contributed by atoms with E-state index in [1.165, 1.54) is 12.1 Å². The minimum absolute atomic E-state index is 0.291. The molecular formula is C28H21ClFN7O. The van der Waals surface area contributed by atoms with Crippen LogP contribution < -0.4 is 5.73 Å². The molecule has 0 spiro atoms. The lowest BCUT2D eigenvalue weighted by molar-refractivity contribution is 0.0994. The molecule has 6 aromatic rings. The summed E-state index contributed by atoms with van der Waals surface area (Å²) >= 11 is 6.07. The van der Waals surface area contributed by atoms with Gasteiger partial charge in [0.15, 0.2) is 11.5 Å². The van der Waals surface area contributed by atoms with Crippen LogP contribution in [0.15, 0.2) is 79.0 Å². The Kier molecular flexibility index (Phi) is 5.57. The molecule has 188 valence electrons. The van der Waals surface area contributed by atoms with Gasteiger partial charge in [-0.25, -0.2) is 18.9 Å². The van der Waals surface area contributed by atoms with Crippen molar-refractivity contribution in [1.82, 2.24) is 28.7 Å². The first-order chi connectivity index (χ1) is 18.3. The minimum Gasteiger partial charge on any atom is -0.364 e. The zero-order valence-electron chi connectivity index (χ0n) is 20.4. The molecule has 38 heavy (non-hydrogen) atoms. The van der Waals surface area contributed by atoms with Crippen LogP contribution in [0.4, 0.5) is 4.39 Å². The first-order valence-corrected chi connectivity index (χ1v) is 12.1. The molecule has 0 bridgehead atoms. The number of nitrogens with zero attached hydrogens (tertiary/aromatic N) is 6. The molecule has 0 aliphatic carbocycles. The van der Waals surface area contributed by atoms with Crippen LogP contribution in [-0.2, 0) is 7.05 Å². The van der Waals surface area contributed by atoms with Crippen molar-refractivity contribution in [1.29, 1.82) is 0 Å². The van der Waals surface area contributed by atoms with Crippen molar-refractivity contribution < 1.29 is 9.18 Å². The van der Waals surface area contributed by atoms with Crippen molar-refractivity contribution in [2.75, 3.05) is 0 Å². The first-order valence-electron chi connectivity index (χ1n) is 11.7. The highest BCUT2D eigenvalue weighted by Gasteiger charge is 2.21. The van der Waals surface area contributed by atoms with Crippen LogP contribution in [0.2, 0.25) is 5.02 Å². The van der Waals surface area contributed by atoms with E-state index in [9.17, 15) is 9.18 Å². The van der Waals surface area contributed by atoms with Crippen molar-refractivity contribution in [3.05, 3.63) is 101 Å². The Labute approximate surface area is 221 Å². The Bertz CT molecular complexity index is 1830. The quantitative estimate of drug-likeness (QED) is 0.323. The van der Waals surface area contributed by atoms with Crippen molar-refractivity contribution in [3.8, 4) is 39.7 Å². The molecule has 1 amide bonds. The van der Waals surface area contributed by atoms with Crippen LogP contribution in [0.3, 0.4) is 0 Å². The third-order valence-electron chi connectivity index (χ3n) is 6.49. The van der Waals surface area contributed by atoms with E-state index >= 15 is 0 Å². The number of halogens is 2. The summed E-state index contributed by atoms with van der Waals surface area (Å²) in [4.78, 5) is 21.7. The second-order valence-electron chi connectivity index (χ2n) is 8.85. The predicted molar refractivity (Wildman–Crippen MR) is 144 cm³/mol. The van der Waals surface area contributed by atoms with Gasteiger partial charge in [0, 0.05) is 17.6 Å². The summed E-state index contributed by atoms with van der Waals surface area (Å²) in [6.07, 6.45) is 1.74. The second kappa shape index (κ2) is 8.97. The van der Waals surface area contributed by atoms with Crippen LogP contribution >= 0.6 is 11.6 Å². The van der Waals surface area contributed by atoms with Gasteiger partial charge in [-0.2, -0.15) is 5.10 Å². The molecule has 0 atom stereocenters. The molecule has 0 saturated carbocycles. The van der Waals surface area contributed by atoms with Crippen LogP contribution in [0.1, 0.15) is 16.3 Å². The molecule has 0 unspecified atom stereocenters. The average molecular weight is 526 g/mol. The number of imidazole rings is 2. The topological polar surface area (TPSA) is 96.0 Å². The zero-order valence-corrected chi connectivity index (χ0v) is 21.2. The fourth-order valence-corrected chi connectivity index (χ4v) is 4.66. The van der Waals surface area contributed by atoms with Gasteiger partial charge in [0.25, 0.3) is 5.91 Å². The third kappa shape index (κ3) is 3.93. The Morgan fingerprint density at radius 3 is 2.34 bits per heavy atom. The van der Waals surface area contributed by atoms with Gasteiger partial charge >= 0.3 is 0 Å². The maximum absolute atomic E-state index is 13.6. The molecule has 0 saturated heterocycles. The summed E-state index contributed by atoms with van der Waals surface area (Å²) in [7, 11) is 1.91. The molecule has 8 nitrogen and oxygen atoms in total. The SMILES string of the molecule is Cc1nc(-c2ccc(F)cc2)c(-c2ccc3nc(-n4c(C(N)=O)ccc4-c4ccc(Cl)cc4)cn3n2)n1C. The number of carbonyl (C=O) groups is 1. The number of aromatic nitrogens is 6. The van der Waals surface area contributed by atoms with Crippen molar-refractivity contribution in [2.45, 2.75) is 6.92 Å². The highest BCUT2D eigenvalue weighted by Crippen LogP contribution is 2.32. The molecule has 4 heterocycles. The lowest BCUT2D eigenvalue weighted by Crippen LogP contribution is -2.16. The maximum Gasteiger partial charge on any atom is 0.265 e. The Hall–Kier alpha value is -4.76. The van der Waals surface area contributed by atoms with E-state index in [4.69, 9.17) is 32.4 Å². The van der Waals surface area contributed by atoms with Gasteiger partial charge in [-0.05, 0) is 73.2 Å². The van der Waals surface area contributed by atoms with E-state index in [-0.39, 0.29) is 5.82 Å². The lowest BCUT2D eigenvalue weighted by atomic mass is 10.1. The summed E-state index contributed by atoms with van der Waals surface area (Å²) in [6.45, 7) is 1.90. The summed E-state index contributed by atoms with van der Waals surface area (Å²) in [6, 6.07) is 20.7. The molecule has 0 fully saturated rings. The van der Waals surface area contributed by atoms with E-state index in [0.29, 0.717) is 33.6 Å². The number of benzene rings is 2. The normalized spacial score (nSPS) is 11.4. The molecule has 6 rings (SSSR count). The highest BCUT2D eigenvalue weighted by atomic mass is 35.5. The average Bonchev–Trinajstić information content (AvgIpc) is 3.60. The number of aryl methyl sites for hydroxylation is 1. The predicted octanol–water partition coefficient (Wildman–Crippen LogP) is 5.45. The number of hydrogen-bond acceptors (Lipinski definition) is 4. The number of primary amides is 1. The number of carbonyl (C=O) groups excluding carboxylic acids is 1. The Morgan fingerprint density at radius 1 is 0.921 bits per heavy atom. The molecule has 10 heteroatoms. The molecule has 2 N–H and O–H groups in total. The van der Waals surface area contributed by atoms with Crippen molar-refractivity contribution in [3.63, 3.8) is 0 Å². The van der Waals surface area contributed by atoms with E-state index < -0.39 is 5.91 Å². The summed E-state index contributed by atoms with van der Waals surface area (Å²) in [5.41, 5.74) is 11.1. The zero-order chi connectivity index (χ0) is 26.6. The fourth-order valence-electron chi connectivity index (χ4n) is 4.54. The molecular weight excluding hydrogens is 505 g/mol. The number of hydrogen-bond donors (Lipinski definition) is 1. The third-order valence-corrected chi connectivity index (χ3v) is 6.74. The summed E-state index contributed by atoms with van der Waals surface area (Å²) in [5.74, 6) is 0.383. The van der Waals surface area contributed by atoms with Gasteiger partial charge in [-0.3, -0.25) is 9.36 Å². The van der Waals surface area contributed by atoms with Crippen LogP contribution in [0.5, 0.6) is 0 Å². The van der Waals surface area contributed by atoms with Gasteiger partial charge in [0.1, 0.15) is 23.0 Å². The summed E-state index contributed by atoms with van der Waals surface area (Å²) in [5, 5.41) is 5.42. The smallest absolute Gasteiger partial charge is 0.265 e. The fraction of sp³-hybridized carbons (Fsp3) is 0.0714. The Morgan fingerprint density at radius 2 is 1.63 bits per heavy atom. The number of amides is 1. The number of fused-ring (bicyclic) bond motifs is 1. The van der Waals surface area contributed by atoms with Gasteiger partial charge < -0.3 is 10.3 Å². The van der Waals surface area contributed by atoms with E-state index in [0.717, 1.165) is 28.3 Å². The van der Waals surface area contributed by atoms with Crippen molar-refractivity contribution in [2.24, 2.45) is 12.8 Å². The van der Waals surface area contributed by atoms with E-state index in [1.54, 1.807) is 45.6 Å². The molecule has 4 aromatic heterocycles. The van der Waals surface area contributed by atoms with Crippen molar-refractivity contribution >= 4 is 23.2 Å². The van der Waals surface area contributed by atoms with Gasteiger partial charge in [-0.1, -0.05) is 23.7 Å². The van der Waals surface area contributed by atoms with Crippen LogP contribution in [0, 0.1) is 12.7 Å². The minimum atomic E-state index is -0.579. The summed E-state index contributed by atoms with van der Waals surface area (Å²) < 4.78 is 18.9. The molecule has 0 radical (unpaired) electrons. The Balaban J connectivity index is 1.49. The van der Waals surface area contributed by atoms with Crippen LogP contribution in [-0.4, -0.2) is 34.6 Å². The van der Waals surface area contributed by atoms with Gasteiger partial charge in [-0.15, -0.1) is 0 Å². The first kappa shape index (κ1) is 23.6. The van der Waals surface area contributed by atoms with E-state index in [1.807, 2.05) is 48.9 Å². The van der Waals surface area contributed by atoms with Gasteiger partial charge in [0.05, 0.1) is 23.3 Å². The molecule has 0 aliphatic rings. The monoisotopic (exact) mass is 525 g/mol. The standard InChI is InChI=1S/C28H21ClFN7O/c1-16-32-26(18-5-9-20(30)10-6-18)27(35(16)2)21-11-14-24-33-25(15-36(24)34-21)37-22(12-13-23(37)28(31)38)17-3-7-19(29)8-4-17/h3-15H,1-2H3,(H2,31,38). The van der Waals surface area contributed by atoms with E-state index in [2.05, 4.69) is 0 Å². The molecule has 2 aromatic carbocycles. The molecule has 0 aliphatic heterocycles.